The van der Waals surface area contributed by atoms with Gasteiger partial charge < -0.3 is 0 Å². The SMILES string of the molecule is O=C(NN=Cc1ccc(-c2ccccc2)cc1)NN=Cc1ccc(-c2ccccc2)cc1. The number of hydrazone groups is 2. The predicted octanol–water partition coefficient (Wildman–Crippen LogP) is 5.69. The van der Waals surface area contributed by atoms with Crippen LogP contribution in [-0.4, -0.2) is 18.5 Å². The molecule has 0 atom stereocenters. The van der Waals surface area contributed by atoms with Gasteiger partial charge in [0.25, 0.3) is 0 Å². The summed E-state index contributed by atoms with van der Waals surface area (Å²) in [5.74, 6) is 0. The summed E-state index contributed by atoms with van der Waals surface area (Å²) in [4.78, 5) is 11.9. The Bertz CT molecular complexity index is 1100. The number of carbonyl (C=O) groups excluding carboxylic acids is 1. The molecule has 0 unspecified atom stereocenters. The van der Waals surface area contributed by atoms with E-state index in [-0.39, 0.29) is 0 Å². The van der Waals surface area contributed by atoms with Crippen LogP contribution < -0.4 is 10.9 Å². The highest BCUT2D eigenvalue weighted by atomic mass is 16.2. The molecular formula is C27H22N4O. The van der Waals surface area contributed by atoms with Crippen molar-refractivity contribution >= 4 is 18.5 Å². The van der Waals surface area contributed by atoms with Crippen LogP contribution in [0.15, 0.2) is 119 Å². The van der Waals surface area contributed by atoms with E-state index < -0.39 is 6.03 Å². The third-order valence-electron chi connectivity index (χ3n) is 4.80. The van der Waals surface area contributed by atoms with Crippen LogP contribution in [0.3, 0.4) is 0 Å². The topological polar surface area (TPSA) is 65.8 Å². The highest BCUT2D eigenvalue weighted by Crippen LogP contribution is 2.19. The molecule has 0 aliphatic carbocycles. The van der Waals surface area contributed by atoms with Gasteiger partial charge in [-0.3, -0.25) is 0 Å². The Morgan fingerprint density at radius 1 is 0.500 bits per heavy atom. The number of amides is 2. The van der Waals surface area contributed by atoms with E-state index in [1.54, 1.807) is 12.4 Å². The normalized spacial score (nSPS) is 11.0. The number of hydrogen-bond donors (Lipinski definition) is 2. The first-order valence-corrected chi connectivity index (χ1v) is 10.2. The number of carbonyl (C=O) groups is 1. The summed E-state index contributed by atoms with van der Waals surface area (Å²) in [5.41, 5.74) is 11.1. The lowest BCUT2D eigenvalue weighted by atomic mass is 10.0. The van der Waals surface area contributed by atoms with Crippen LogP contribution >= 0.6 is 0 Å². The van der Waals surface area contributed by atoms with Crippen LogP contribution in [0.5, 0.6) is 0 Å². The largest absolute Gasteiger partial charge is 0.355 e. The zero-order valence-corrected chi connectivity index (χ0v) is 17.3. The molecule has 0 heterocycles. The van der Waals surface area contributed by atoms with Gasteiger partial charge in [0.2, 0.25) is 0 Å². The van der Waals surface area contributed by atoms with E-state index >= 15 is 0 Å². The summed E-state index contributed by atoms with van der Waals surface area (Å²) < 4.78 is 0. The molecule has 156 valence electrons. The lowest BCUT2D eigenvalue weighted by Crippen LogP contribution is -2.28. The van der Waals surface area contributed by atoms with E-state index in [0.717, 1.165) is 33.4 Å². The fourth-order valence-corrected chi connectivity index (χ4v) is 3.14. The molecule has 5 nitrogen and oxygen atoms in total. The Balaban J connectivity index is 1.25. The van der Waals surface area contributed by atoms with Gasteiger partial charge in [-0.05, 0) is 33.4 Å². The maximum atomic E-state index is 11.9. The van der Waals surface area contributed by atoms with Crippen LogP contribution in [0.25, 0.3) is 22.3 Å². The summed E-state index contributed by atoms with van der Waals surface area (Å²) in [5, 5.41) is 7.91. The lowest BCUT2D eigenvalue weighted by molar-refractivity contribution is 0.242. The molecular weight excluding hydrogens is 396 g/mol. The van der Waals surface area contributed by atoms with E-state index in [4.69, 9.17) is 0 Å². The van der Waals surface area contributed by atoms with Crippen molar-refractivity contribution in [3.05, 3.63) is 120 Å². The summed E-state index contributed by atoms with van der Waals surface area (Å²) >= 11 is 0. The quantitative estimate of drug-likeness (QED) is 0.307. The Morgan fingerprint density at radius 3 is 1.22 bits per heavy atom. The van der Waals surface area contributed by atoms with E-state index in [1.807, 2.05) is 84.9 Å². The number of hydrogen-bond acceptors (Lipinski definition) is 3. The smallest absolute Gasteiger partial charge is 0.245 e. The van der Waals surface area contributed by atoms with Gasteiger partial charge in [0.15, 0.2) is 0 Å². The summed E-state index contributed by atoms with van der Waals surface area (Å²) in [6.45, 7) is 0. The van der Waals surface area contributed by atoms with E-state index in [0.29, 0.717) is 0 Å². The number of urea groups is 1. The molecule has 0 fully saturated rings. The number of rotatable bonds is 6. The van der Waals surface area contributed by atoms with Gasteiger partial charge >= 0.3 is 6.03 Å². The summed E-state index contributed by atoms with van der Waals surface area (Å²) in [7, 11) is 0. The minimum Gasteiger partial charge on any atom is -0.245 e. The maximum absolute atomic E-state index is 11.9. The predicted molar refractivity (Wildman–Crippen MR) is 131 cm³/mol. The van der Waals surface area contributed by atoms with Crippen molar-refractivity contribution in [1.29, 1.82) is 0 Å². The second-order valence-electron chi connectivity index (χ2n) is 7.05. The molecule has 32 heavy (non-hydrogen) atoms. The van der Waals surface area contributed by atoms with E-state index in [9.17, 15) is 4.79 Å². The Morgan fingerprint density at radius 2 is 0.844 bits per heavy atom. The number of benzene rings is 4. The van der Waals surface area contributed by atoms with Gasteiger partial charge in [0.1, 0.15) is 0 Å². The molecule has 0 aliphatic heterocycles. The monoisotopic (exact) mass is 418 g/mol. The Hall–Kier alpha value is -4.51. The highest BCUT2D eigenvalue weighted by Gasteiger charge is 1.98. The van der Waals surface area contributed by atoms with E-state index in [2.05, 4.69) is 45.3 Å². The van der Waals surface area contributed by atoms with Crippen molar-refractivity contribution in [2.24, 2.45) is 10.2 Å². The molecule has 2 amide bonds. The molecule has 0 bridgehead atoms. The van der Waals surface area contributed by atoms with Gasteiger partial charge in [0.05, 0.1) is 12.4 Å². The first kappa shape index (κ1) is 20.8. The number of nitrogens with one attached hydrogen (secondary N) is 2. The molecule has 4 rings (SSSR count). The molecule has 0 radical (unpaired) electrons. The molecule has 0 saturated carbocycles. The average molecular weight is 419 g/mol. The Kier molecular flexibility index (Phi) is 6.81. The van der Waals surface area contributed by atoms with Crippen molar-refractivity contribution in [3.8, 4) is 22.3 Å². The molecule has 5 heteroatoms. The minimum atomic E-state index is -0.515. The van der Waals surface area contributed by atoms with Crippen LogP contribution in [0.1, 0.15) is 11.1 Å². The van der Waals surface area contributed by atoms with Crippen LogP contribution in [0.4, 0.5) is 4.79 Å². The van der Waals surface area contributed by atoms with Crippen molar-refractivity contribution in [2.75, 3.05) is 0 Å². The van der Waals surface area contributed by atoms with Crippen molar-refractivity contribution in [1.82, 2.24) is 10.9 Å². The average Bonchev–Trinajstić information content (AvgIpc) is 2.86. The first-order valence-electron chi connectivity index (χ1n) is 10.2. The maximum Gasteiger partial charge on any atom is 0.355 e. The molecule has 0 aromatic heterocycles. The second-order valence-corrected chi connectivity index (χ2v) is 7.05. The van der Waals surface area contributed by atoms with Gasteiger partial charge in [-0.1, -0.05) is 109 Å². The zero-order chi connectivity index (χ0) is 22.0. The van der Waals surface area contributed by atoms with Crippen molar-refractivity contribution < 1.29 is 4.79 Å². The third-order valence-corrected chi connectivity index (χ3v) is 4.80. The first-order chi connectivity index (χ1) is 15.8. The Labute approximate surface area is 187 Å². The second kappa shape index (κ2) is 10.5. The van der Waals surface area contributed by atoms with Crippen molar-refractivity contribution in [2.45, 2.75) is 0 Å². The van der Waals surface area contributed by atoms with Gasteiger partial charge in [-0.2, -0.15) is 10.2 Å². The summed E-state index contributed by atoms with van der Waals surface area (Å²) in [6.07, 6.45) is 3.17. The molecule has 4 aromatic carbocycles. The molecule has 0 aliphatic rings. The highest BCUT2D eigenvalue weighted by molar-refractivity contribution is 5.84. The van der Waals surface area contributed by atoms with E-state index in [1.165, 1.54) is 0 Å². The van der Waals surface area contributed by atoms with Crippen LogP contribution in [0.2, 0.25) is 0 Å². The lowest BCUT2D eigenvalue weighted by Gasteiger charge is -2.02. The van der Waals surface area contributed by atoms with Gasteiger partial charge in [-0.25, -0.2) is 15.6 Å². The fraction of sp³-hybridized carbons (Fsp3) is 0. The standard InChI is InChI=1S/C27H22N4O/c32-27(30-28-19-21-11-15-25(16-12-21)23-7-3-1-4-8-23)31-29-20-22-13-17-26(18-14-22)24-9-5-2-6-10-24/h1-20H,(H2,30,31,32). The van der Waals surface area contributed by atoms with Gasteiger partial charge in [0, 0.05) is 0 Å². The zero-order valence-electron chi connectivity index (χ0n) is 17.3. The molecule has 2 N–H and O–H groups in total. The van der Waals surface area contributed by atoms with Crippen molar-refractivity contribution in [3.63, 3.8) is 0 Å². The van der Waals surface area contributed by atoms with Gasteiger partial charge in [-0.15, -0.1) is 0 Å². The molecule has 0 spiro atoms. The minimum absolute atomic E-state index is 0.515. The third kappa shape index (κ3) is 5.77. The molecule has 0 saturated heterocycles. The van der Waals surface area contributed by atoms with Crippen LogP contribution in [0, 0.1) is 0 Å². The number of nitrogens with zero attached hydrogens (tertiary/aromatic N) is 2. The molecule has 4 aromatic rings. The van der Waals surface area contributed by atoms with Crippen LogP contribution in [-0.2, 0) is 0 Å². The summed E-state index contributed by atoms with van der Waals surface area (Å²) in [6, 6.07) is 35.6. The fourth-order valence-electron chi connectivity index (χ4n) is 3.14.